The first-order chi connectivity index (χ1) is 4.02. The molecule has 0 aromatic heterocycles. The smallest absolute Gasteiger partial charge is 0.234 e. The van der Waals surface area contributed by atoms with Gasteiger partial charge in [-0.25, -0.2) is 0 Å². The van der Waals surface area contributed by atoms with Gasteiger partial charge in [0.05, 0.1) is 7.59 Å². The predicted octanol–water partition coefficient (Wildman–Crippen LogP) is 0.489. The highest BCUT2D eigenvalue weighted by Crippen LogP contribution is 2.02. The minimum absolute atomic E-state index is 0.981. The molecule has 0 aromatic rings. The molecular formula is C5H17NOSi2. The zero-order valence-corrected chi connectivity index (χ0v) is 9.14. The van der Waals surface area contributed by atoms with E-state index in [0.717, 1.165) is 0 Å². The molecule has 0 heterocycles. The lowest BCUT2D eigenvalue weighted by Gasteiger charge is -2.24. The minimum Gasteiger partial charge on any atom is -0.412 e. The lowest BCUT2D eigenvalue weighted by molar-refractivity contribution is 0.425. The van der Waals surface area contributed by atoms with E-state index in [1.54, 1.807) is 0 Å². The van der Waals surface area contributed by atoms with Gasteiger partial charge in [-0.3, -0.25) is 0 Å². The maximum atomic E-state index is 5.35. The average molecular weight is 163 g/mol. The van der Waals surface area contributed by atoms with Gasteiger partial charge in [-0.1, -0.05) is 19.6 Å². The Bertz CT molecular complexity index is 77.5. The van der Waals surface area contributed by atoms with Crippen LogP contribution in [-0.4, -0.2) is 30.5 Å². The maximum Gasteiger partial charge on any atom is 0.234 e. The first-order valence-electron chi connectivity index (χ1n) is 3.22. The summed E-state index contributed by atoms with van der Waals surface area (Å²) in [5.41, 5.74) is 0. The highest BCUT2D eigenvalue weighted by atomic mass is 29.2. The monoisotopic (exact) mass is 163 g/mol. The summed E-state index contributed by atoms with van der Waals surface area (Å²) in [7, 11) is 1.84. The molecule has 56 valence electrons. The van der Waals surface area contributed by atoms with Gasteiger partial charge in [-0.05, 0) is 7.05 Å². The molecule has 0 aliphatic rings. The lowest BCUT2D eigenvalue weighted by Crippen LogP contribution is -2.53. The molecule has 1 unspecified atom stereocenters. The quantitative estimate of drug-likeness (QED) is 0.612. The van der Waals surface area contributed by atoms with Gasteiger partial charge in [0.15, 0.2) is 0 Å². The molecule has 0 rings (SSSR count). The summed E-state index contributed by atoms with van der Waals surface area (Å²) in [6.45, 7) is 7.01. The standard InChI is InChI=1S/C5H17NOSi2/c1-6-8(7-2)9(3,4)5/h6,8H,1-5H3. The van der Waals surface area contributed by atoms with Gasteiger partial charge in [0.25, 0.3) is 0 Å². The number of nitrogens with one attached hydrogen (secondary N) is 1. The van der Waals surface area contributed by atoms with Crippen LogP contribution in [0.4, 0.5) is 0 Å². The third-order valence-corrected chi connectivity index (χ3v) is 10.1. The average Bonchev–Trinajstić information content (AvgIpc) is 1.65. The van der Waals surface area contributed by atoms with Crippen molar-refractivity contribution >= 4 is 16.3 Å². The fraction of sp³-hybridized carbons (Fsp3) is 1.00. The van der Waals surface area contributed by atoms with Crippen LogP contribution in [0.3, 0.4) is 0 Å². The van der Waals surface area contributed by atoms with E-state index in [-0.39, 0.29) is 0 Å². The molecule has 0 aliphatic carbocycles. The highest BCUT2D eigenvalue weighted by Gasteiger charge is 2.27. The molecule has 1 atom stereocenters. The van der Waals surface area contributed by atoms with Crippen molar-refractivity contribution in [1.29, 1.82) is 0 Å². The second-order valence-electron chi connectivity index (χ2n) is 3.27. The van der Waals surface area contributed by atoms with E-state index < -0.39 is 16.3 Å². The fourth-order valence-corrected chi connectivity index (χ4v) is 7.43. The summed E-state index contributed by atoms with van der Waals surface area (Å²) in [5.74, 6) is 0. The third kappa shape index (κ3) is 3.15. The summed E-state index contributed by atoms with van der Waals surface area (Å²) in [6, 6.07) is 0. The maximum absolute atomic E-state index is 5.35. The van der Waals surface area contributed by atoms with Gasteiger partial charge in [0, 0.05) is 7.11 Å². The number of hydrogen-bond donors (Lipinski definition) is 1. The largest absolute Gasteiger partial charge is 0.412 e. The molecule has 0 fully saturated rings. The Morgan fingerprint density at radius 2 is 1.78 bits per heavy atom. The Kier molecular flexibility index (Phi) is 3.64. The second kappa shape index (κ2) is 3.50. The van der Waals surface area contributed by atoms with E-state index in [2.05, 4.69) is 24.6 Å². The summed E-state index contributed by atoms with van der Waals surface area (Å²) in [4.78, 5) is 3.27. The minimum atomic E-state index is -0.992. The van der Waals surface area contributed by atoms with Gasteiger partial charge in [0.2, 0.25) is 8.72 Å². The summed E-state index contributed by atoms with van der Waals surface area (Å²) >= 11 is 0. The molecule has 0 radical (unpaired) electrons. The van der Waals surface area contributed by atoms with Crippen LogP contribution in [0.2, 0.25) is 19.6 Å². The predicted molar refractivity (Wildman–Crippen MR) is 46.6 cm³/mol. The van der Waals surface area contributed by atoms with Crippen LogP contribution in [0, 0.1) is 0 Å². The molecule has 0 aromatic carbocycles. The molecule has 0 bridgehead atoms. The summed E-state index contributed by atoms with van der Waals surface area (Å²) < 4.78 is 5.35. The topological polar surface area (TPSA) is 21.3 Å². The van der Waals surface area contributed by atoms with E-state index >= 15 is 0 Å². The number of hydrogen-bond acceptors (Lipinski definition) is 2. The van der Waals surface area contributed by atoms with Crippen molar-refractivity contribution in [3.63, 3.8) is 0 Å². The first-order valence-corrected chi connectivity index (χ1v) is 9.58. The van der Waals surface area contributed by atoms with Crippen LogP contribution in [0.1, 0.15) is 0 Å². The molecule has 0 saturated carbocycles. The fourth-order valence-electron chi connectivity index (χ4n) is 0.904. The van der Waals surface area contributed by atoms with Gasteiger partial charge < -0.3 is 9.41 Å². The molecule has 2 nitrogen and oxygen atoms in total. The molecular weight excluding hydrogens is 146 g/mol. The van der Waals surface area contributed by atoms with Gasteiger partial charge in [-0.2, -0.15) is 0 Å². The highest BCUT2D eigenvalue weighted by molar-refractivity contribution is 7.28. The van der Waals surface area contributed by atoms with Crippen LogP contribution in [0.15, 0.2) is 0 Å². The Morgan fingerprint density at radius 1 is 1.33 bits per heavy atom. The van der Waals surface area contributed by atoms with Crippen LogP contribution < -0.4 is 4.98 Å². The Balaban J connectivity index is 3.79. The normalized spacial score (nSPS) is 15.7. The Morgan fingerprint density at radius 3 is 1.78 bits per heavy atom. The van der Waals surface area contributed by atoms with Crippen molar-refractivity contribution in [3.05, 3.63) is 0 Å². The zero-order chi connectivity index (χ0) is 7.49. The first kappa shape index (κ1) is 9.35. The molecule has 0 spiro atoms. The number of rotatable bonds is 3. The van der Waals surface area contributed by atoms with Crippen molar-refractivity contribution in [2.24, 2.45) is 0 Å². The molecule has 0 saturated heterocycles. The van der Waals surface area contributed by atoms with Crippen molar-refractivity contribution in [1.82, 2.24) is 4.98 Å². The summed E-state index contributed by atoms with van der Waals surface area (Å²) in [6.07, 6.45) is 0. The van der Waals surface area contributed by atoms with E-state index in [9.17, 15) is 0 Å². The van der Waals surface area contributed by atoms with Crippen LogP contribution in [0.5, 0.6) is 0 Å². The van der Waals surface area contributed by atoms with Crippen molar-refractivity contribution in [3.8, 4) is 0 Å². The molecule has 9 heavy (non-hydrogen) atoms. The Labute approximate surface area is 60.2 Å². The third-order valence-electron chi connectivity index (χ3n) is 1.28. The van der Waals surface area contributed by atoms with E-state index in [1.807, 2.05) is 14.2 Å². The molecule has 1 N–H and O–H groups in total. The van der Waals surface area contributed by atoms with Crippen molar-refractivity contribution in [2.45, 2.75) is 19.6 Å². The van der Waals surface area contributed by atoms with Gasteiger partial charge in [-0.15, -0.1) is 0 Å². The molecule has 0 aliphatic heterocycles. The van der Waals surface area contributed by atoms with Crippen LogP contribution in [0.25, 0.3) is 0 Å². The SMILES string of the molecule is CN[SiH](OC)[Si](C)(C)C. The second-order valence-corrected chi connectivity index (χ2v) is 16.6. The van der Waals surface area contributed by atoms with Crippen molar-refractivity contribution in [2.75, 3.05) is 14.2 Å². The van der Waals surface area contributed by atoms with Gasteiger partial charge >= 0.3 is 0 Å². The van der Waals surface area contributed by atoms with E-state index in [1.165, 1.54) is 0 Å². The zero-order valence-electron chi connectivity index (χ0n) is 6.99. The lowest BCUT2D eigenvalue weighted by atomic mass is 11.6. The van der Waals surface area contributed by atoms with Crippen LogP contribution >= 0.6 is 0 Å². The van der Waals surface area contributed by atoms with Crippen LogP contribution in [-0.2, 0) is 4.43 Å². The Hall–Kier alpha value is 0.354. The molecule has 0 amide bonds. The molecule has 4 heteroatoms. The van der Waals surface area contributed by atoms with E-state index in [0.29, 0.717) is 0 Å². The van der Waals surface area contributed by atoms with E-state index in [4.69, 9.17) is 4.43 Å². The summed E-state index contributed by atoms with van der Waals surface area (Å²) in [5, 5.41) is 0. The van der Waals surface area contributed by atoms with Crippen molar-refractivity contribution < 1.29 is 4.43 Å². The van der Waals surface area contributed by atoms with Gasteiger partial charge in [0.1, 0.15) is 0 Å².